The molecule has 1 saturated carbocycles. The minimum Gasteiger partial charge on any atom is -0.480 e. The van der Waals surface area contributed by atoms with Gasteiger partial charge in [-0.1, -0.05) is 39.8 Å². The van der Waals surface area contributed by atoms with Crippen LogP contribution < -0.4 is 5.32 Å². The van der Waals surface area contributed by atoms with E-state index in [4.69, 9.17) is 0 Å². The molecule has 1 fully saturated rings. The highest BCUT2D eigenvalue weighted by Crippen LogP contribution is 2.34. The summed E-state index contributed by atoms with van der Waals surface area (Å²) in [6.45, 7) is 8.88. The van der Waals surface area contributed by atoms with Crippen LogP contribution in [0, 0.1) is 35.5 Å². The molecule has 3 unspecified atom stereocenters. The third-order valence-electron chi connectivity index (χ3n) is 6.67. The van der Waals surface area contributed by atoms with E-state index >= 15 is 0 Å². The van der Waals surface area contributed by atoms with Crippen molar-refractivity contribution >= 4 is 11.9 Å². The average molecular weight is 350 g/mol. The molecule has 0 saturated heterocycles. The second kappa shape index (κ2) is 8.86. The van der Waals surface area contributed by atoms with Gasteiger partial charge in [0.25, 0.3) is 0 Å². The first-order valence-corrected chi connectivity index (χ1v) is 9.99. The van der Waals surface area contributed by atoms with Crippen LogP contribution in [0.25, 0.3) is 0 Å². The van der Waals surface area contributed by atoms with Crippen molar-refractivity contribution in [2.45, 2.75) is 72.3 Å². The predicted octanol–water partition coefficient (Wildman–Crippen LogP) is 4.26. The topological polar surface area (TPSA) is 66.4 Å². The van der Waals surface area contributed by atoms with Crippen LogP contribution in [0.5, 0.6) is 0 Å². The monoisotopic (exact) mass is 349 g/mol. The zero-order valence-electron chi connectivity index (χ0n) is 16.2. The summed E-state index contributed by atoms with van der Waals surface area (Å²) in [7, 11) is 0. The van der Waals surface area contributed by atoms with Crippen LogP contribution in [0.3, 0.4) is 0 Å². The van der Waals surface area contributed by atoms with E-state index in [9.17, 15) is 14.7 Å². The molecular formula is C21H35NO3. The first-order valence-electron chi connectivity index (χ1n) is 9.99. The van der Waals surface area contributed by atoms with Crippen LogP contribution in [-0.4, -0.2) is 23.0 Å². The van der Waals surface area contributed by atoms with Crippen molar-refractivity contribution < 1.29 is 14.7 Å². The second-order valence-electron chi connectivity index (χ2n) is 8.65. The maximum atomic E-state index is 12.6. The van der Waals surface area contributed by atoms with Gasteiger partial charge in [-0.25, -0.2) is 4.79 Å². The fourth-order valence-electron chi connectivity index (χ4n) is 4.40. The molecule has 1 amide bonds. The fraction of sp³-hybridized carbons (Fsp3) is 0.810. The number of carbonyl (C=O) groups is 2. The molecule has 2 rings (SSSR count). The second-order valence-corrected chi connectivity index (χ2v) is 8.65. The van der Waals surface area contributed by atoms with E-state index in [1.807, 2.05) is 0 Å². The molecule has 0 spiro atoms. The highest BCUT2D eigenvalue weighted by atomic mass is 16.4. The van der Waals surface area contributed by atoms with Crippen molar-refractivity contribution in [1.29, 1.82) is 0 Å². The number of allylic oxidation sites excluding steroid dienone is 2. The maximum Gasteiger partial charge on any atom is 0.326 e. The SMILES string of the molecule is CC(C)C1CCC(C(=O)N[C@H](CC2C=CCC(C)C2C)C(=O)O)CC1. The first kappa shape index (κ1) is 20.0. The Morgan fingerprint density at radius 2 is 1.80 bits per heavy atom. The number of carboxylic acids is 1. The van der Waals surface area contributed by atoms with Gasteiger partial charge in [-0.05, 0) is 68.1 Å². The zero-order valence-corrected chi connectivity index (χ0v) is 16.2. The number of aliphatic carboxylic acids is 1. The van der Waals surface area contributed by atoms with Crippen LogP contribution in [-0.2, 0) is 9.59 Å². The van der Waals surface area contributed by atoms with E-state index in [0.29, 0.717) is 30.1 Å². The van der Waals surface area contributed by atoms with E-state index < -0.39 is 12.0 Å². The first-order chi connectivity index (χ1) is 11.8. The van der Waals surface area contributed by atoms with Crippen molar-refractivity contribution in [3.8, 4) is 0 Å². The summed E-state index contributed by atoms with van der Waals surface area (Å²) in [5, 5.41) is 12.4. The van der Waals surface area contributed by atoms with Gasteiger partial charge in [0.1, 0.15) is 6.04 Å². The molecule has 0 bridgehead atoms. The number of carbonyl (C=O) groups excluding carboxylic acids is 1. The highest BCUT2D eigenvalue weighted by Gasteiger charge is 2.33. The smallest absolute Gasteiger partial charge is 0.326 e. The number of hydrogen-bond acceptors (Lipinski definition) is 2. The maximum absolute atomic E-state index is 12.6. The third kappa shape index (κ3) is 5.32. The number of rotatable bonds is 6. The van der Waals surface area contributed by atoms with Crippen molar-refractivity contribution in [1.82, 2.24) is 5.32 Å². The molecule has 0 radical (unpaired) electrons. The van der Waals surface area contributed by atoms with Crippen LogP contribution in [0.4, 0.5) is 0 Å². The minimum absolute atomic E-state index is 0.0184. The normalized spacial score (nSPS) is 33.9. The van der Waals surface area contributed by atoms with Crippen LogP contribution in [0.15, 0.2) is 12.2 Å². The summed E-state index contributed by atoms with van der Waals surface area (Å²) < 4.78 is 0. The zero-order chi connectivity index (χ0) is 18.6. The quantitative estimate of drug-likeness (QED) is 0.704. The van der Waals surface area contributed by atoms with Gasteiger partial charge >= 0.3 is 5.97 Å². The van der Waals surface area contributed by atoms with E-state index in [2.05, 4.69) is 45.2 Å². The molecule has 0 aliphatic heterocycles. The van der Waals surface area contributed by atoms with Gasteiger partial charge in [-0.3, -0.25) is 4.79 Å². The van der Waals surface area contributed by atoms with E-state index in [1.165, 1.54) is 0 Å². The lowest BCUT2D eigenvalue weighted by Crippen LogP contribution is -2.46. The predicted molar refractivity (Wildman–Crippen MR) is 100 cm³/mol. The summed E-state index contributed by atoms with van der Waals surface area (Å²) >= 11 is 0. The Morgan fingerprint density at radius 3 is 2.36 bits per heavy atom. The number of carboxylic acid groups (broad SMARTS) is 1. The summed E-state index contributed by atoms with van der Waals surface area (Å²) in [5.41, 5.74) is 0. The van der Waals surface area contributed by atoms with Gasteiger partial charge in [-0.2, -0.15) is 0 Å². The average Bonchev–Trinajstić information content (AvgIpc) is 2.58. The lowest BCUT2D eigenvalue weighted by Gasteiger charge is -2.33. The van der Waals surface area contributed by atoms with Crippen LogP contribution in [0.2, 0.25) is 0 Å². The molecule has 0 aromatic heterocycles. The molecule has 2 N–H and O–H groups in total. The highest BCUT2D eigenvalue weighted by molar-refractivity contribution is 5.85. The van der Waals surface area contributed by atoms with Gasteiger partial charge in [-0.15, -0.1) is 0 Å². The molecule has 0 aromatic carbocycles. The van der Waals surface area contributed by atoms with Crippen molar-refractivity contribution in [3.05, 3.63) is 12.2 Å². The molecular weight excluding hydrogens is 314 g/mol. The Kier molecular flexibility index (Phi) is 7.09. The Labute approximate surface area is 152 Å². The lowest BCUT2D eigenvalue weighted by atomic mass is 9.75. The Bertz CT molecular complexity index is 491. The third-order valence-corrected chi connectivity index (χ3v) is 6.67. The van der Waals surface area contributed by atoms with Crippen molar-refractivity contribution in [2.75, 3.05) is 0 Å². The summed E-state index contributed by atoms with van der Waals surface area (Å²) in [4.78, 5) is 24.3. The Hall–Kier alpha value is -1.32. The van der Waals surface area contributed by atoms with Gasteiger partial charge < -0.3 is 10.4 Å². The molecule has 2 aliphatic rings. The van der Waals surface area contributed by atoms with Crippen molar-refractivity contribution in [3.63, 3.8) is 0 Å². The molecule has 25 heavy (non-hydrogen) atoms. The summed E-state index contributed by atoms with van der Waals surface area (Å²) in [6.07, 6.45) is 9.77. The Morgan fingerprint density at radius 1 is 1.16 bits per heavy atom. The molecule has 0 heterocycles. The van der Waals surface area contributed by atoms with Gasteiger partial charge in [0, 0.05) is 5.92 Å². The summed E-state index contributed by atoms with van der Waals surface area (Å²) in [6, 6.07) is -0.780. The standard InChI is InChI=1S/C21H35NO3/c1-13(2)16-8-10-17(11-9-16)20(23)22-19(21(24)25)12-18-7-5-6-14(3)15(18)4/h5,7,13-19H,6,8-12H2,1-4H3,(H,22,23)(H,24,25)/t14?,15?,16?,17?,18?,19-/m1/s1. The van der Waals surface area contributed by atoms with Gasteiger partial charge in [0.2, 0.25) is 5.91 Å². The van der Waals surface area contributed by atoms with Crippen molar-refractivity contribution in [2.24, 2.45) is 35.5 Å². The van der Waals surface area contributed by atoms with Crippen LogP contribution in [0.1, 0.15) is 66.2 Å². The van der Waals surface area contributed by atoms with Gasteiger partial charge in [0.15, 0.2) is 0 Å². The van der Waals surface area contributed by atoms with E-state index in [-0.39, 0.29) is 17.7 Å². The molecule has 4 nitrogen and oxygen atoms in total. The van der Waals surface area contributed by atoms with E-state index in [1.54, 1.807) is 0 Å². The Balaban J connectivity index is 1.91. The number of nitrogens with one attached hydrogen (secondary N) is 1. The summed E-state index contributed by atoms with van der Waals surface area (Å²) in [5.74, 6) is 1.61. The van der Waals surface area contributed by atoms with Gasteiger partial charge in [0.05, 0.1) is 0 Å². The number of amides is 1. The minimum atomic E-state index is -0.914. The molecule has 4 heteroatoms. The molecule has 4 atom stereocenters. The fourth-order valence-corrected chi connectivity index (χ4v) is 4.40. The van der Waals surface area contributed by atoms with E-state index in [0.717, 1.165) is 32.1 Å². The molecule has 2 aliphatic carbocycles. The molecule has 0 aromatic rings. The van der Waals surface area contributed by atoms with Crippen LogP contribution >= 0.6 is 0 Å². The lowest BCUT2D eigenvalue weighted by molar-refractivity contribution is -0.143. The largest absolute Gasteiger partial charge is 0.480 e. The molecule has 142 valence electrons. The number of hydrogen-bond donors (Lipinski definition) is 2.